The number of nitrogens with one attached hydrogen (secondary N) is 1. The molecule has 1 aliphatic rings. The summed E-state index contributed by atoms with van der Waals surface area (Å²) in [6.07, 6.45) is 3.94. The van der Waals surface area contributed by atoms with Crippen LogP contribution in [-0.2, 0) is 0 Å². The number of nitrogens with zero attached hydrogens (tertiary/aromatic N) is 1. The molecule has 2 nitrogen and oxygen atoms in total. The Kier molecular flexibility index (Phi) is 1.45. The van der Waals surface area contributed by atoms with E-state index in [1.54, 1.807) is 6.34 Å². The van der Waals surface area contributed by atoms with E-state index in [9.17, 15) is 0 Å². The summed E-state index contributed by atoms with van der Waals surface area (Å²) in [6, 6.07) is 0. The van der Waals surface area contributed by atoms with Crippen LogP contribution in [-0.4, -0.2) is 18.9 Å². The van der Waals surface area contributed by atoms with Crippen molar-refractivity contribution in [2.24, 2.45) is 4.99 Å². The van der Waals surface area contributed by atoms with Crippen LogP contribution in [0.2, 0.25) is 0 Å². The normalized spacial score (nSPS) is 24.0. The first-order chi connectivity index (χ1) is 3.00. The number of aliphatic imine (C=N–C) groups is 1. The molecule has 0 aromatic carbocycles. The fourth-order valence-electron chi connectivity index (χ4n) is 0.348. The number of hydrogen-bond acceptors (Lipinski definition) is 2. The molecule has 34 valence electrons. The predicted molar refractivity (Wildman–Crippen MR) is 29.7 cm³/mol. The molecule has 0 fully saturated rings. The Labute approximate surface area is 38.8 Å². The fourth-order valence-corrected chi connectivity index (χ4v) is 0.916. The highest BCUT2D eigenvalue weighted by Crippen LogP contribution is 2.07. The maximum atomic E-state index is 3.95. The summed E-state index contributed by atoms with van der Waals surface area (Å²) in [5.41, 5.74) is 0. The van der Waals surface area contributed by atoms with E-state index in [1.165, 1.54) is 0 Å². The molecule has 1 unspecified atom stereocenters. The van der Waals surface area contributed by atoms with Gasteiger partial charge in [0, 0.05) is 6.29 Å². The van der Waals surface area contributed by atoms with E-state index in [-0.39, 0.29) is 0 Å². The van der Waals surface area contributed by atoms with Gasteiger partial charge in [0.05, 0.1) is 12.6 Å². The molecule has 0 radical (unpaired) electrons. The molecule has 0 aliphatic carbocycles. The Hall–Kier alpha value is -0.100. The van der Waals surface area contributed by atoms with E-state index in [0.29, 0.717) is 0 Å². The van der Waals surface area contributed by atoms with Crippen molar-refractivity contribution in [2.45, 2.75) is 0 Å². The van der Waals surface area contributed by atoms with Crippen molar-refractivity contribution in [1.29, 1.82) is 0 Å². The van der Waals surface area contributed by atoms with Gasteiger partial charge in [0.2, 0.25) is 0 Å². The summed E-state index contributed by atoms with van der Waals surface area (Å²) in [7, 11) is 0.993. The first-order valence-electron chi connectivity index (χ1n) is 1.92. The third-order valence-corrected chi connectivity index (χ3v) is 1.47. The van der Waals surface area contributed by atoms with E-state index in [4.69, 9.17) is 0 Å². The van der Waals surface area contributed by atoms with Crippen LogP contribution in [0.25, 0.3) is 0 Å². The van der Waals surface area contributed by atoms with Crippen LogP contribution in [0.1, 0.15) is 0 Å². The lowest BCUT2D eigenvalue weighted by molar-refractivity contribution is 1.10. The van der Waals surface area contributed by atoms with Gasteiger partial charge in [0.1, 0.15) is 0 Å². The summed E-state index contributed by atoms with van der Waals surface area (Å²) in [5, 5.41) is 3.01. The predicted octanol–water partition coefficient (Wildman–Crippen LogP) is 0.211. The van der Waals surface area contributed by atoms with Crippen molar-refractivity contribution >= 4 is 14.9 Å². The van der Waals surface area contributed by atoms with Gasteiger partial charge in [-0.3, -0.25) is 4.99 Å². The molecular formula is C3H7N2P. The minimum absolute atomic E-state index is 0.993. The summed E-state index contributed by atoms with van der Waals surface area (Å²) < 4.78 is 0. The number of hydrogen-bond donors (Lipinski definition) is 1. The highest BCUT2D eigenvalue weighted by Gasteiger charge is 1.84. The van der Waals surface area contributed by atoms with Crippen LogP contribution < -0.4 is 5.32 Å². The van der Waals surface area contributed by atoms with Crippen molar-refractivity contribution in [1.82, 2.24) is 5.32 Å². The fraction of sp³-hybridized carbons (Fsp3) is 0.667. The first-order valence-corrected chi connectivity index (χ1v) is 3.34. The summed E-state index contributed by atoms with van der Waals surface area (Å²) in [6.45, 7) is 0. The SMILES string of the molecule is C1=NCPCN1. The molecule has 0 aromatic heterocycles. The third-order valence-electron chi connectivity index (χ3n) is 0.613. The number of rotatable bonds is 0. The van der Waals surface area contributed by atoms with Gasteiger partial charge in [0.25, 0.3) is 0 Å². The van der Waals surface area contributed by atoms with Crippen LogP contribution in [0, 0.1) is 0 Å². The zero-order chi connectivity index (χ0) is 4.24. The van der Waals surface area contributed by atoms with Crippen LogP contribution >= 0.6 is 8.58 Å². The highest BCUT2D eigenvalue weighted by atomic mass is 31.1. The zero-order valence-corrected chi connectivity index (χ0v) is 4.44. The smallest absolute Gasteiger partial charge is 0.0830 e. The average molecular weight is 102 g/mol. The molecule has 0 spiro atoms. The quantitative estimate of drug-likeness (QED) is 0.434. The maximum Gasteiger partial charge on any atom is 0.0830 e. The molecule has 1 aliphatic heterocycles. The van der Waals surface area contributed by atoms with Crippen LogP contribution in [0.5, 0.6) is 0 Å². The Bertz CT molecular complexity index is 53.8. The molecule has 0 aromatic rings. The molecule has 1 N–H and O–H groups in total. The van der Waals surface area contributed by atoms with Crippen molar-refractivity contribution < 1.29 is 0 Å². The first kappa shape index (κ1) is 4.07. The minimum Gasteiger partial charge on any atom is -0.373 e. The van der Waals surface area contributed by atoms with E-state index in [2.05, 4.69) is 10.3 Å². The lowest BCUT2D eigenvalue weighted by Gasteiger charge is -2.01. The standard InChI is InChI=1S/C3H7N2P/c1-4-2-6-3-5-1/h1,6H,2-3H2,(H,4,5). The van der Waals surface area contributed by atoms with Gasteiger partial charge in [0.15, 0.2) is 0 Å². The third kappa shape index (κ3) is 0.942. The van der Waals surface area contributed by atoms with Gasteiger partial charge in [-0.25, -0.2) is 0 Å². The monoisotopic (exact) mass is 102 g/mol. The van der Waals surface area contributed by atoms with Gasteiger partial charge in [-0.2, -0.15) is 0 Å². The van der Waals surface area contributed by atoms with Gasteiger partial charge in [-0.15, -0.1) is 0 Å². The molecule has 1 heterocycles. The summed E-state index contributed by atoms with van der Waals surface area (Å²) >= 11 is 0. The van der Waals surface area contributed by atoms with Crippen molar-refractivity contribution in [3.8, 4) is 0 Å². The zero-order valence-electron chi connectivity index (χ0n) is 3.44. The molecule has 0 bridgehead atoms. The van der Waals surface area contributed by atoms with E-state index in [0.717, 1.165) is 21.2 Å². The molecule has 1 atom stereocenters. The van der Waals surface area contributed by atoms with Crippen LogP contribution in [0.3, 0.4) is 0 Å². The van der Waals surface area contributed by atoms with E-state index in [1.807, 2.05) is 0 Å². The van der Waals surface area contributed by atoms with Gasteiger partial charge < -0.3 is 5.32 Å². The Balaban J connectivity index is 2.26. The summed E-state index contributed by atoms with van der Waals surface area (Å²) in [5.74, 6) is 0. The second-order valence-corrected chi connectivity index (χ2v) is 2.27. The summed E-state index contributed by atoms with van der Waals surface area (Å²) in [4.78, 5) is 3.95. The maximum absolute atomic E-state index is 3.95. The van der Waals surface area contributed by atoms with Crippen molar-refractivity contribution in [3.63, 3.8) is 0 Å². The molecule has 0 saturated carbocycles. The molecule has 0 amide bonds. The molecule has 0 saturated heterocycles. The molecule has 3 heteroatoms. The second kappa shape index (κ2) is 2.14. The average Bonchev–Trinajstić information content (AvgIpc) is 1.72. The molecule has 6 heavy (non-hydrogen) atoms. The Morgan fingerprint density at radius 3 is 3.00 bits per heavy atom. The molecule has 1 rings (SSSR count). The lowest BCUT2D eigenvalue weighted by atomic mass is 11.1. The van der Waals surface area contributed by atoms with Crippen molar-refractivity contribution in [3.05, 3.63) is 0 Å². The highest BCUT2D eigenvalue weighted by molar-refractivity contribution is 7.38. The van der Waals surface area contributed by atoms with Crippen molar-refractivity contribution in [2.75, 3.05) is 12.6 Å². The van der Waals surface area contributed by atoms with E-state index >= 15 is 0 Å². The second-order valence-electron chi connectivity index (χ2n) is 1.10. The lowest BCUT2D eigenvalue weighted by Crippen LogP contribution is -2.12. The largest absolute Gasteiger partial charge is 0.373 e. The van der Waals surface area contributed by atoms with Gasteiger partial charge >= 0.3 is 0 Å². The Morgan fingerprint density at radius 1 is 1.83 bits per heavy atom. The van der Waals surface area contributed by atoms with E-state index < -0.39 is 0 Å². The van der Waals surface area contributed by atoms with Gasteiger partial charge in [-0.1, -0.05) is 8.58 Å². The topological polar surface area (TPSA) is 24.4 Å². The van der Waals surface area contributed by atoms with Crippen LogP contribution in [0.15, 0.2) is 4.99 Å². The van der Waals surface area contributed by atoms with Crippen LogP contribution in [0.4, 0.5) is 0 Å². The minimum atomic E-state index is 0.993. The Morgan fingerprint density at radius 2 is 2.83 bits per heavy atom. The molecular weight excluding hydrogens is 95.0 g/mol. The van der Waals surface area contributed by atoms with Gasteiger partial charge in [-0.05, 0) is 0 Å².